The topological polar surface area (TPSA) is 66.8 Å². The maximum atomic E-state index is 13.2. The molecule has 170 valence electrons. The zero-order valence-corrected chi connectivity index (χ0v) is 20.2. The van der Waals surface area contributed by atoms with Crippen molar-refractivity contribution in [3.8, 4) is 5.75 Å². The minimum absolute atomic E-state index is 0.0186. The first-order valence-corrected chi connectivity index (χ1v) is 11.8. The Morgan fingerprint density at radius 1 is 1.03 bits per heavy atom. The van der Waals surface area contributed by atoms with Crippen LogP contribution in [0.2, 0.25) is 0 Å². The van der Waals surface area contributed by atoms with E-state index >= 15 is 0 Å². The van der Waals surface area contributed by atoms with Crippen LogP contribution in [-0.4, -0.2) is 22.9 Å². The summed E-state index contributed by atoms with van der Waals surface area (Å²) in [7, 11) is 0. The molecular formula is C27H27NO4S. The summed E-state index contributed by atoms with van der Waals surface area (Å²) in [4.78, 5) is 28.8. The quantitative estimate of drug-likeness (QED) is 0.284. The number of hydrogen-bond donors (Lipinski definition) is 1. The zero-order chi connectivity index (χ0) is 23.9. The predicted molar refractivity (Wildman–Crippen MR) is 132 cm³/mol. The highest BCUT2D eigenvalue weighted by molar-refractivity contribution is 7.10. The van der Waals surface area contributed by atoms with Crippen LogP contribution in [0.3, 0.4) is 0 Å². The number of anilines is 1. The van der Waals surface area contributed by atoms with Crippen molar-refractivity contribution in [3.05, 3.63) is 86.6 Å². The van der Waals surface area contributed by atoms with Crippen LogP contribution >= 0.6 is 11.3 Å². The molecule has 2 heterocycles. The molecule has 4 rings (SSSR count). The second kappa shape index (κ2) is 8.87. The van der Waals surface area contributed by atoms with Gasteiger partial charge < -0.3 is 9.84 Å². The monoisotopic (exact) mass is 461 g/mol. The SMILES string of the molecule is Cc1cc(C)cc(N2C(=O)C(=O)/C(=C(\O)c3ccc(OC(C)C)c(C)c3)C2c2cccs2)c1. The molecule has 0 aliphatic carbocycles. The minimum atomic E-state index is -0.696. The molecule has 0 saturated carbocycles. The van der Waals surface area contributed by atoms with Gasteiger partial charge in [-0.2, -0.15) is 0 Å². The highest BCUT2D eigenvalue weighted by Gasteiger charge is 2.47. The second-order valence-electron chi connectivity index (χ2n) is 8.68. The number of hydrogen-bond acceptors (Lipinski definition) is 5. The summed E-state index contributed by atoms with van der Waals surface area (Å²) in [5.74, 6) is -0.800. The molecule has 1 aromatic heterocycles. The molecular weight excluding hydrogens is 434 g/mol. The molecule has 1 fully saturated rings. The molecule has 1 unspecified atom stereocenters. The van der Waals surface area contributed by atoms with Gasteiger partial charge in [-0.15, -0.1) is 11.3 Å². The van der Waals surface area contributed by atoms with Crippen molar-refractivity contribution < 1.29 is 19.4 Å². The van der Waals surface area contributed by atoms with Crippen LogP contribution in [0, 0.1) is 20.8 Å². The number of aliphatic hydroxyl groups excluding tert-OH is 1. The van der Waals surface area contributed by atoms with E-state index in [0.29, 0.717) is 17.0 Å². The Morgan fingerprint density at radius 3 is 2.30 bits per heavy atom. The Kier molecular flexibility index (Phi) is 6.13. The van der Waals surface area contributed by atoms with Gasteiger partial charge in [0.1, 0.15) is 17.6 Å². The number of amides is 1. The number of carbonyl (C=O) groups excluding carboxylic acids is 2. The first-order chi connectivity index (χ1) is 15.7. The van der Waals surface area contributed by atoms with E-state index in [1.165, 1.54) is 16.2 Å². The van der Waals surface area contributed by atoms with Gasteiger partial charge in [-0.05, 0) is 93.1 Å². The summed E-state index contributed by atoms with van der Waals surface area (Å²) in [6.07, 6.45) is 0.0186. The van der Waals surface area contributed by atoms with Gasteiger partial charge in [0, 0.05) is 16.1 Å². The smallest absolute Gasteiger partial charge is 0.300 e. The van der Waals surface area contributed by atoms with Crippen molar-refractivity contribution in [2.45, 2.75) is 46.8 Å². The lowest BCUT2D eigenvalue weighted by Gasteiger charge is -2.25. The zero-order valence-electron chi connectivity index (χ0n) is 19.4. The Bertz CT molecular complexity index is 1240. The number of thiophene rings is 1. The summed E-state index contributed by atoms with van der Waals surface area (Å²) >= 11 is 1.45. The van der Waals surface area contributed by atoms with E-state index in [-0.39, 0.29) is 17.4 Å². The summed E-state index contributed by atoms with van der Waals surface area (Å²) in [5, 5.41) is 13.2. The molecule has 2 aromatic carbocycles. The fourth-order valence-electron chi connectivity index (χ4n) is 4.24. The molecule has 1 aliphatic heterocycles. The summed E-state index contributed by atoms with van der Waals surface area (Å²) in [6.45, 7) is 9.69. The van der Waals surface area contributed by atoms with Crippen LogP contribution in [0.25, 0.3) is 5.76 Å². The van der Waals surface area contributed by atoms with Crippen molar-refractivity contribution in [1.29, 1.82) is 0 Å². The van der Waals surface area contributed by atoms with E-state index in [1.54, 1.807) is 18.2 Å². The number of nitrogens with zero attached hydrogens (tertiary/aromatic N) is 1. The van der Waals surface area contributed by atoms with Crippen molar-refractivity contribution in [1.82, 2.24) is 0 Å². The lowest BCUT2D eigenvalue weighted by Crippen LogP contribution is -2.29. The second-order valence-corrected chi connectivity index (χ2v) is 9.66. The Labute approximate surface area is 197 Å². The average Bonchev–Trinajstić information content (AvgIpc) is 3.35. The van der Waals surface area contributed by atoms with Crippen LogP contribution < -0.4 is 9.64 Å². The van der Waals surface area contributed by atoms with E-state index in [0.717, 1.165) is 21.6 Å². The molecule has 33 heavy (non-hydrogen) atoms. The number of ketones is 1. The molecule has 6 heteroatoms. The molecule has 1 atom stereocenters. The van der Waals surface area contributed by atoms with E-state index in [1.807, 2.05) is 70.3 Å². The van der Waals surface area contributed by atoms with Crippen LogP contribution in [-0.2, 0) is 9.59 Å². The number of Topliss-reactive ketones (excluding diaryl/α,β-unsaturated/α-hetero) is 1. The molecule has 1 saturated heterocycles. The summed E-state index contributed by atoms with van der Waals surface area (Å²) in [5.41, 5.74) is 4.04. The normalized spacial score (nSPS) is 17.8. The van der Waals surface area contributed by atoms with Crippen LogP contribution in [0.4, 0.5) is 5.69 Å². The molecule has 1 aliphatic rings. The highest BCUT2D eigenvalue weighted by Crippen LogP contribution is 2.44. The van der Waals surface area contributed by atoms with E-state index in [4.69, 9.17) is 4.74 Å². The maximum absolute atomic E-state index is 13.2. The fourth-order valence-corrected chi connectivity index (χ4v) is 5.07. The average molecular weight is 462 g/mol. The minimum Gasteiger partial charge on any atom is -0.507 e. The molecule has 1 amide bonds. The van der Waals surface area contributed by atoms with Gasteiger partial charge in [-0.1, -0.05) is 12.1 Å². The lowest BCUT2D eigenvalue weighted by atomic mass is 9.98. The van der Waals surface area contributed by atoms with Gasteiger partial charge >= 0.3 is 0 Å². The van der Waals surface area contributed by atoms with Gasteiger partial charge in [0.05, 0.1) is 11.7 Å². The molecule has 0 bridgehead atoms. The summed E-state index contributed by atoms with van der Waals surface area (Å²) < 4.78 is 5.80. The van der Waals surface area contributed by atoms with Gasteiger partial charge in [0.2, 0.25) is 0 Å². The first kappa shape index (κ1) is 22.8. The molecule has 1 N–H and O–H groups in total. The van der Waals surface area contributed by atoms with Crippen molar-refractivity contribution >= 4 is 34.5 Å². The predicted octanol–water partition coefficient (Wildman–Crippen LogP) is 6.09. The third-order valence-corrected chi connectivity index (χ3v) is 6.48. The number of carbonyl (C=O) groups is 2. The molecule has 3 aromatic rings. The van der Waals surface area contributed by atoms with Gasteiger partial charge in [-0.3, -0.25) is 14.5 Å². The van der Waals surface area contributed by atoms with Crippen molar-refractivity contribution in [2.75, 3.05) is 4.90 Å². The number of aryl methyl sites for hydroxylation is 3. The fraction of sp³-hybridized carbons (Fsp3) is 0.259. The molecule has 5 nitrogen and oxygen atoms in total. The van der Waals surface area contributed by atoms with Crippen LogP contribution in [0.5, 0.6) is 5.75 Å². The summed E-state index contributed by atoms with van der Waals surface area (Å²) in [6, 6.07) is 14.1. The third-order valence-electron chi connectivity index (χ3n) is 5.55. The lowest BCUT2D eigenvalue weighted by molar-refractivity contribution is -0.132. The standard InChI is InChI=1S/C27H27NO4S/c1-15(2)32-21-9-8-19(14-18(21)5)25(29)23-24(22-7-6-10-33-22)28(27(31)26(23)30)20-12-16(3)11-17(4)13-20/h6-15,24,29H,1-5H3/b25-23-. The largest absolute Gasteiger partial charge is 0.507 e. The van der Waals surface area contributed by atoms with Gasteiger partial charge in [0.25, 0.3) is 11.7 Å². The van der Waals surface area contributed by atoms with E-state index < -0.39 is 17.7 Å². The van der Waals surface area contributed by atoms with E-state index in [2.05, 4.69) is 0 Å². The Hall–Kier alpha value is -3.38. The van der Waals surface area contributed by atoms with Crippen LogP contribution in [0.15, 0.2) is 59.5 Å². The number of benzene rings is 2. The highest BCUT2D eigenvalue weighted by atomic mass is 32.1. The first-order valence-electron chi connectivity index (χ1n) is 10.9. The Morgan fingerprint density at radius 2 is 1.73 bits per heavy atom. The third kappa shape index (κ3) is 4.31. The number of rotatable bonds is 5. The number of aliphatic hydroxyl groups is 1. The van der Waals surface area contributed by atoms with Crippen molar-refractivity contribution in [2.24, 2.45) is 0 Å². The van der Waals surface area contributed by atoms with Gasteiger partial charge in [0.15, 0.2) is 0 Å². The molecule has 0 radical (unpaired) electrons. The van der Waals surface area contributed by atoms with E-state index in [9.17, 15) is 14.7 Å². The van der Waals surface area contributed by atoms with Crippen molar-refractivity contribution in [3.63, 3.8) is 0 Å². The Balaban J connectivity index is 1.88. The van der Waals surface area contributed by atoms with Gasteiger partial charge in [-0.25, -0.2) is 0 Å². The van der Waals surface area contributed by atoms with Crippen LogP contribution in [0.1, 0.15) is 47.0 Å². The number of ether oxygens (including phenoxy) is 1. The molecule has 0 spiro atoms. The maximum Gasteiger partial charge on any atom is 0.300 e.